The van der Waals surface area contributed by atoms with Crippen molar-refractivity contribution in [3.63, 3.8) is 0 Å². The van der Waals surface area contributed by atoms with Gasteiger partial charge in [-0.05, 0) is 24.1 Å². The van der Waals surface area contributed by atoms with Gasteiger partial charge in [-0.3, -0.25) is 9.59 Å². The van der Waals surface area contributed by atoms with Gasteiger partial charge >= 0.3 is 5.97 Å². The Labute approximate surface area is 143 Å². The topological polar surface area (TPSA) is 79.3 Å². The Morgan fingerprint density at radius 2 is 2.00 bits per heavy atom. The van der Waals surface area contributed by atoms with E-state index >= 15 is 0 Å². The van der Waals surface area contributed by atoms with Gasteiger partial charge in [-0.2, -0.15) is 0 Å². The second kappa shape index (κ2) is 7.44. The number of rotatable bonds is 5. The molecule has 2 N–H and O–H groups in total. The van der Waals surface area contributed by atoms with E-state index in [1.807, 2.05) is 19.1 Å². The van der Waals surface area contributed by atoms with Crippen LogP contribution in [0.3, 0.4) is 0 Å². The van der Waals surface area contributed by atoms with Gasteiger partial charge in [0.1, 0.15) is 5.15 Å². The lowest BCUT2D eigenvalue weighted by Crippen LogP contribution is -2.31. The summed E-state index contributed by atoms with van der Waals surface area (Å²) in [5.74, 6) is -1.55. The SMILES string of the molecule is Cc1ccccc1[C@H](CC(=O)O)NC(=O)c1cc(Cl)cnc1Cl. The molecule has 5 nitrogen and oxygen atoms in total. The van der Waals surface area contributed by atoms with E-state index in [9.17, 15) is 9.59 Å². The first-order valence-corrected chi connectivity index (χ1v) is 7.53. The van der Waals surface area contributed by atoms with Crippen molar-refractivity contribution in [3.05, 3.63) is 63.4 Å². The minimum atomic E-state index is -1.02. The number of benzene rings is 1. The third kappa shape index (κ3) is 4.43. The van der Waals surface area contributed by atoms with Crippen LogP contribution in [0.4, 0.5) is 0 Å². The van der Waals surface area contributed by atoms with Crippen molar-refractivity contribution >= 4 is 35.1 Å². The van der Waals surface area contributed by atoms with Crippen LogP contribution in [-0.4, -0.2) is 22.0 Å². The molecule has 1 heterocycles. The molecule has 0 spiro atoms. The molecule has 0 saturated carbocycles. The van der Waals surface area contributed by atoms with Gasteiger partial charge in [0.2, 0.25) is 0 Å². The number of nitrogens with zero attached hydrogens (tertiary/aromatic N) is 1. The predicted octanol–water partition coefficient (Wildman–Crippen LogP) is 3.64. The number of hydrogen-bond acceptors (Lipinski definition) is 3. The maximum absolute atomic E-state index is 12.4. The molecule has 2 rings (SSSR count). The second-order valence-electron chi connectivity index (χ2n) is 4.97. The molecule has 0 unspecified atom stereocenters. The minimum Gasteiger partial charge on any atom is -0.481 e. The van der Waals surface area contributed by atoms with Crippen molar-refractivity contribution in [2.75, 3.05) is 0 Å². The normalized spacial score (nSPS) is 11.8. The van der Waals surface area contributed by atoms with Gasteiger partial charge in [0, 0.05) is 6.20 Å². The number of nitrogens with one attached hydrogen (secondary N) is 1. The van der Waals surface area contributed by atoms with Crippen LogP contribution in [0.1, 0.15) is 33.9 Å². The number of aliphatic carboxylic acids is 1. The van der Waals surface area contributed by atoms with Gasteiger partial charge < -0.3 is 10.4 Å². The number of hydrogen-bond donors (Lipinski definition) is 2. The Kier molecular flexibility index (Phi) is 5.58. The minimum absolute atomic E-state index is 0.00533. The molecular weight excluding hydrogens is 339 g/mol. The summed E-state index contributed by atoms with van der Waals surface area (Å²) in [6.45, 7) is 1.85. The Hall–Kier alpha value is -2.11. The number of carbonyl (C=O) groups is 2. The summed E-state index contributed by atoms with van der Waals surface area (Å²) in [5, 5.41) is 12.1. The molecule has 0 radical (unpaired) electrons. The van der Waals surface area contributed by atoms with Crippen LogP contribution in [0.2, 0.25) is 10.2 Å². The highest BCUT2D eigenvalue weighted by atomic mass is 35.5. The van der Waals surface area contributed by atoms with Crippen LogP contribution in [0.15, 0.2) is 36.5 Å². The molecule has 1 amide bonds. The van der Waals surface area contributed by atoms with Crippen molar-refractivity contribution in [3.8, 4) is 0 Å². The number of carbonyl (C=O) groups excluding carboxylic acids is 1. The molecule has 23 heavy (non-hydrogen) atoms. The predicted molar refractivity (Wildman–Crippen MR) is 87.9 cm³/mol. The lowest BCUT2D eigenvalue weighted by molar-refractivity contribution is -0.137. The highest BCUT2D eigenvalue weighted by Gasteiger charge is 2.22. The van der Waals surface area contributed by atoms with Crippen molar-refractivity contribution < 1.29 is 14.7 Å². The first-order valence-electron chi connectivity index (χ1n) is 6.77. The summed E-state index contributed by atoms with van der Waals surface area (Å²) in [7, 11) is 0. The van der Waals surface area contributed by atoms with E-state index < -0.39 is 17.9 Å². The van der Waals surface area contributed by atoms with Gasteiger partial charge in [-0.25, -0.2) is 4.98 Å². The molecule has 2 aromatic rings. The van der Waals surface area contributed by atoms with Crippen LogP contribution in [0, 0.1) is 6.92 Å². The molecule has 7 heteroatoms. The Balaban J connectivity index is 2.31. The summed E-state index contributed by atoms with van der Waals surface area (Å²) in [6.07, 6.45) is 1.08. The Bertz CT molecular complexity index is 750. The monoisotopic (exact) mass is 352 g/mol. The van der Waals surface area contributed by atoms with Gasteiger partial charge in [0.25, 0.3) is 5.91 Å². The number of halogens is 2. The second-order valence-corrected chi connectivity index (χ2v) is 5.77. The molecule has 0 saturated heterocycles. The lowest BCUT2D eigenvalue weighted by Gasteiger charge is -2.19. The molecule has 0 aliphatic carbocycles. The first kappa shape index (κ1) is 17.2. The summed E-state index contributed by atoms with van der Waals surface area (Å²) < 4.78 is 0. The fourth-order valence-electron chi connectivity index (χ4n) is 2.21. The van der Waals surface area contributed by atoms with Gasteiger partial charge in [-0.1, -0.05) is 47.5 Å². The smallest absolute Gasteiger partial charge is 0.305 e. The standard InChI is InChI=1S/C16H14Cl2N2O3/c1-9-4-2-3-5-11(9)13(7-14(21)22)20-16(23)12-6-10(17)8-19-15(12)18/h2-6,8,13H,7H2,1H3,(H,20,23)(H,21,22)/t13-/m0/s1. The highest BCUT2D eigenvalue weighted by molar-refractivity contribution is 6.34. The number of pyridine rings is 1. The highest BCUT2D eigenvalue weighted by Crippen LogP contribution is 2.23. The number of carboxylic acid groups (broad SMARTS) is 1. The van der Waals surface area contributed by atoms with Crippen molar-refractivity contribution in [2.45, 2.75) is 19.4 Å². The molecule has 1 atom stereocenters. The third-order valence-corrected chi connectivity index (χ3v) is 3.81. The fourth-order valence-corrected chi connectivity index (χ4v) is 2.56. The van der Waals surface area contributed by atoms with Gasteiger partial charge in [0.15, 0.2) is 0 Å². The fraction of sp³-hybridized carbons (Fsp3) is 0.188. The van der Waals surface area contributed by atoms with Crippen LogP contribution in [0.25, 0.3) is 0 Å². The Morgan fingerprint density at radius 3 is 2.65 bits per heavy atom. The summed E-state index contributed by atoms with van der Waals surface area (Å²) >= 11 is 11.7. The number of aryl methyl sites for hydroxylation is 1. The molecule has 120 valence electrons. The molecule has 1 aromatic carbocycles. The van der Waals surface area contributed by atoms with E-state index in [0.717, 1.165) is 11.1 Å². The summed E-state index contributed by atoms with van der Waals surface area (Å²) in [4.78, 5) is 27.3. The van der Waals surface area contributed by atoms with E-state index in [1.54, 1.807) is 12.1 Å². The van der Waals surface area contributed by atoms with E-state index in [1.165, 1.54) is 12.3 Å². The molecule has 1 aromatic heterocycles. The van der Waals surface area contributed by atoms with E-state index in [4.69, 9.17) is 28.3 Å². The van der Waals surface area contributed by atoms with Crippen LogP contribution >= 0.6 is 23.2 Å². The third-order valence-electron chi connectivity index (χ3n) is 3.30. The lowest BCUT2D eigenvalue weighted by atomic mass is 9.98. The van der Waals surface area contributed by atoms with Crippen molar-refractivity contribution in [2.24, 2.45) is 0 Å². The zero-order valence-corrected chi connectivity index (χ0v) is 13.7. The van der Waals surface area contributed by atoms with E-state index in [2.05, 4.69) is 10.3 Å². The van der Waals surface area contributed by atoms with Crippen LogP contribution in [0.5, 0.6) is 0 Å². The number of aromatic nitrogens is 1. The van der Waals surface area contributed by atoms with Gasteiger partial charge in [-0.15, -0.1) is 0 Å². The molecule has 0 aliphatic heterocycles. The zero-order chi connectivity index (χ0) is 17.0. The maximum Gasteiger partial charge on any atom is 0.305 e. The van der Waals surface area contributed by atoms with Crippen LogP contribution < -0.4 is 5.32 Å². The molecule has 0 bridgehead atoms. The molecule has 0 fully saturated rings. The van der Waals surface area contributed by atoms with Crippen molar-refractivity contribution in [1.82, 2.24) is 10.3 Å². The first-order chi connectivity index (χ1) is 10.9. The van der Waals surface area contributed by atoms with Gasteiger partial charge in [0.05, 0.1) is 23.0 Å². The largest absolute Gasteiger partial charge is 0.481 e. The van der Waals surface area contributed by atoms with E-state index in [-0.39, 0.29) is 22.2 Å². The zero-order valence-electron chi connectivity index (χ0n) is 12.2. The Morgan fingerprint density at radius 1 is 1.30 bits per heavy atom. The summed E-state index contributed by atoms with van der Waals surface area (Å²) in [5.41, 5.74) is 1.71. The van der Waals surface area contributed by atoms with E-state index in [0.29, 0.717) is 0 Å². The van der Waals surface area contributed by atoms with Crippen LogP contribution in [-0.2, 0) is 4.79 Å². The number of amides is 1. The summed E-state index contributed by atoms with van der Waals surface area (Å²) in [6, 6.07) is 7.97. The quantitative estimate of drug-likeness (QED) is 0.805. The average molecular weight is 353 g/mol. The maximum atomic E-state index is 12.4. The average Bonchev–Trinajstić information content (AvgIpc) is 2.49. The molecule has 0 aliphatic rings. The van der Waals surface area contributed by atoms with Crippen molar-refractivity contribution in [1.29, 1.82) is 0 Å². The molecular formula is C16H14Cl2N2O3. The number of carboxylic acids is 1.